The highest BCUT2D eigenvalue weighted by Gasteiger charge is 2.19. The van der Waals surface area contributed by atoms with Crippen molar-refractivity contribution in [3.8, 4) is 17.1 Å². The van der Waals surface area contributed by atoms with Gasteiger partial charge in [-0.1, -0.05) is 35.9 Å². The number of thiophene rings is 1. The predicted octanol–water partition coefficient (Wildman–Crippen LogP) is 4.97. The van der Waals surface area contributed by atoms with Crippen LogP contribution in [0.25, 0.3) is 11.4 Å². The Bertz CT molecular complexity index is 1120. The molecule has 0 fully saturated rings. The maximum absolute atomic E-state index is 12.9. The molecule has 0 bridgehead atoms. The van der Waals surface area contributed by atoms with Crippen molar-refractivity contribution in [3.05, 3.63) is 81.5 Å². The Morgan fingerprint density at radius 1 is 1.14 bits per heavy atom. The third-order valence-corrected chi connectivity index (χ3v) is 5.50. The number of ether oxygens (including phenoxy) is 1. The van der Waals surface area contributed by atoms with Crippen LogP contribution in [0.1, 0.15) is 15.2 Å². The fourth-order valence-corrected chi connectivity index (χ4v) is 3.60. The molecule has 0 aliphatic heterocycles. The van der Waals surface area contributed by atoms with Crippen LogP contribution in [0, 0.1) is 0 Å². The highest BCUT2D eigenvalue weighted by atomic mass is 35.5. The predicted molar refractivity (Wildman–Crippen MR) is 115 cm³/mol. The minimum atomic E-state index is -0.242. The van der Waals surface area contributed by atoms with Crippen molar-refractivity contribution >= 4 is 34.8 Å². The minimum absolute atomic E-state index is 0.242. The summed E-state index contributed by atoms with van der Waals surface area (Å²) in [5.74, 6) is 1.29. The zero-order valence-corrected chi connectivity index (χ0v) is 17.1. The molecule has 8 heteroatoms. The van der Waals surface area contributed by atoms with E-state index in [2.05, 4.69) is 15.4 Å². The second-order valence-corrected chi connectivity index (χ2v) is 7.48. The SMILES string of the molecule is COc1ccc(-c2nc(NCc3ccccc3Cl)n(C(=O)c3cccs3)n2)cc1. The number of halogens is 1. The van der Waals surface area contributed by atoms with Crippen molar-refractivity contribution < 1.29 is 9.53 Å². The molecule has 146 valence electrons. The zero-order chi connectivity index (χ0) is 20.2. The second-order valence-electron chi connectivity index (χ2n) is 6.13. The molecule has 4 rings (SSSR count). The van der Waals surface area contributed by atoms with Crippen LogP contribution in [0.5, 0.6) is 5.75 Å². The standard InChI is InChI=1S/C21H17ClN4O2S/c1-28-16-10-8-14(9-11-16)19-24-21(23-13-15-5-2-3-6-17(15)22)26(25-19)20(27)18-7-4-12-29-18/h2-12H,13H2,1H3,(H,23,24,25). The van der Waals surface area contributed by atoms with Crippen molar-refractivity contribution in [2.75, 3.05) is 12.4 Å². The first-order valence-electron chi connectivity index (χ1n) is 8.82. The van der Waals surface area contributed by atoms with Crippen LogP contribution < -0.4 is 10.1 Å². The number of carbonyl (C=O) groups excluding carboxylic acids is 1. The Morgan fingerprint density at radius 2 is 1.93 bits per heavy atom. The van der Waals surface area contributed by atoms with Gasteiger partial charge in [0.25, 0.3) is 5.91 Å². The van der Waals surface area contributed by atoms with E-state index in [9.17, 15) is 4.79 Å². The highest BCUT2D eigenvalue weighted by molar-refractivity contribution is 7.12. The van der Waals surface area contributed by atoms with Crippen molar-refractivity contribution in [1.29, 1.82) is 0 Å². The summed E-state index contributed by atoms with van der Waals surface area (Å²) in [6.45, 7) is 0.415. The largest absolute Gasteiger partial charge is 0.497 e. The lowest BCUT2D eigenvalue weighted by Gasteiger charge is -2.07. The minimum Gasteiger partial charge on any atom is -0.497 e. The van der Waals surface area contributed by atoms with Crippen LogP contribution >= 0.6 is 22.9 Å². The maximum atomic E-state index is 12.9. The van der Waals surface area contributed by atoms with Gasteiger partial charge in [0.2, 0.25) is 5.95 Å². The molecule has 4 aromatic rings. The Hall–Kier alpha value is -3.16. The number of hydrogen-bond donors (Lipinski definition) is 1. The fourth-order valence-electron chi connectivity index (χ4n) is 2.75. The van der Waals surface area contributed by atoms with Crippen molar-refractivity contribution in [3.63, 3.8) is 0 Å². The molecular formula is C21H17ClN4O2S. The van der Waals surface area contributed by atoms with Crippen molar-refractivity contribution in [1.82, 2.24) is 14.8 Å². The first-order chi connectivity index (χ1) is 14.2. The van der Waals surface area contributed by atoms with Crippen LogP contribution in [0.3, 0.4) is 0 Å². The van der Waals surface area contributed by atoms with E-state index in [0.717, 1.165) is 16.9 Å². The van der Waals surface area contributed by atoms with Crippen LogP contribution in [0.2, 0.25) is 5.02 Å². The number of nitrogens with one attached hydrogen (secondary N) is 1. The lowest BCUT2D eigenvalue weighted by Crippen LogP contribution is -2.16. The Kier molecular flexibility index (Phi) is 5.59. The normalized spacial score (nSPS) is 10.7. The number of nitrogens with zero attached hydrogens (tertiary/aromatic N) is 3. The summed E-state index contributed by atoms with van der Waals surface area (Å²) in [4.78, 5) is 18.1. The van der Waals surface area contributed by atoms with Crippen LogP contribution in [-0.2, 0) is 6.54 Å². The topological polar surface area (TPSA) is 69.0 Å². The quantitative estimate of drug-likeness (QED) is 0.473. The summed E-state index contributed by atoms with van der Waals surface area (Å²) in [7, 11) is 1.61. The Morgan fingerprint density at radius 3 is 2.62 bits per heavy atom. The van der Waals surface area contributed by atoms with Crippen LogP contribution in [0.15, 0.2) is 66.0 Å². The second kappa shape index (κ2) is 8.46. The number of rotatable bonds is 6. The van der Waals surface area contributed by atoms with Gasteiger partial charge in [0.05, 0.1) is 12.0 Å². The van der Waals surface area contributed by atoms with Gasteiger partial charge in [-0.3, -0.25) is 4.79 Å². The molecule has 1 N–H and O–H groups in total. The van der Waals surface area contributed by atoms with Gasteiger partial charge in [0.1, 0.15) is 5.75 Å². The van der Waals surface area contributed by atoms with Gasteiger partial charge in [0.15, 0.2) is 5.82 Å². The van der Waals surface area contributed by atoms with Crippen molar-refractivity contribution in [2.45, 2.75) is 6.54 Å². The summed E-state index contributed by atoms with van der Waals surface area (Å²) in [6.07, 6.45) is 0. The number of benzene rings is 2. The molecule has 0 saturated heterocycles. The van der Waals surface area contributed by atoms with E-state index in [0.29, 0.717) is 28.2 Å². The number of anilines is 1. The summed E-state index contributed by atoms with van der Waals surface area (Å²) < 4.78 is 6.49. The van der Waals surface area contributed by atoms with Gasteiger partial charge in [-0.05, 0) is 47.3 Å². The van der Waals surface area contributed by atoms with E-state index in [1.54, 1.807) is 13.2 Å². The smallest absolute Gasteiger partial charge is 0.291 e. The third kappa shape index (κ3) is 4.16. The van der Waals surface area contributed by atoms with Crippen molar-refractivity contribution in [2.24, 2.45) is 0 Å². The number of methoxy groups -OCH3 is 1. The molecule has 6 nitrogen and oxygen atoms in total. The van der Waals surface area contributed by atoms with E-state index in [-0.39, 0.29) is 5.91 Å². The lowest BCUT2D eigenvalue weighted by atomic mass is 10.2. The van der Waals surface area contributed by atoms with Gasteiger partial charge in [-0.25, -0.2) is 0 Å². The van der Waals surface area contributed by atoms with Crippen LogP contribution in [0.4, 0.5) is 5.95 Å². The molecule has 0 atom stereocenters. The number of carbonyl (C=O) groups is 1. The molecule has 0 spiro atoms. The maximum Gasteiger partial charge on any atom is 0.291 e. The highest BCUT2D eigenvalue weighted by Crippen LogP contribution is 2.23. The van der Waals surface area contributed by atoms with Gasteiger partial charge in [-0.15, -0.1) is 16.4 Å². The fraction of sp³-hybridized carbons (Fsp3) is 0.0952. The molecule has 2 aromatic carbocycles. The summed E-state index contributed by atoms with van der Waals surface area (Å²) in [5.41, 5.74) is 1.68. The molecule has 29 heavy (non-hydrogen) atoms. The van der Waals surface area contributed by atoms with Gasteiger partial charge < -0.3 is 10.1 Å². The van der Waals surface area contributed by atoms with Crippen LogP contribution in [-0.4, -0.2) is 27.8 Å². The summed E-state index contributed by atoms with van der Waals surface area (Å²) in [6, 6.07) is 18.5. The van der Waals surface area contributed by atoms with E-state index < -0.39 is 0 Å². The average molecular weight is 425 g/mol. The lowest BCUT2D eigenvalue weighted by molar-refractivity contribution is 0.0951. The molecule has 2 heterocycles. The first kappa shape index (κ1) is 19.2. The summed E-state index contributed by atoms with van der Waals surface area (Å²) in [5, 5.41) is 10.1. The molecule has 0 aliphatic carbocycles. The average Bonchev–Trinajstić information content (AvgIpc) is 3.43. The summed E-state index contributed by atoms with van der Waals surface area (Å²) >= 11 is 7.60. The van der Waals surface area contributed by atoms with E-state index in [1.807, 2.05) is 60.0 Å². The number of aromatic nitrogens is 3. The zero-order valence-electron chi connectivity index (χ0n) is 15.5. The number of hydrogen-bond acceptors (Lipinski definition) is 6. The van der Waals surface area contributed by atoms with E-state index in [4.69, 9.17) is 16.3 Å². The molecule has 0 radical (unpaired) electrons. The Labute approximate surface area is 176 Å². The van der Waals surface area contributed by atoms with Gasteiger partial charge in [0, 0.05) is 17.1 Å². The molecule has 0 aliphatic rings. The molecular weight excluding hydrogens is 408 g/mol. The van der Waals surface area contributed by atoms with Gasteiger partial charge in [-0.2, -0.15) is 9.67 Å². The Balaban J connectivity index is 1.68. The molecule has 0 saturated carbocycles. The first-order valence-corrected chi connectivity index (χ1v) is 10.1. The molecule has 0 unspecified atom stereocenters. The monoisotopic (exact) mass is 424 g/mol. The molecule has 2 aromatic heterocycles. The van der Waals surface area contributed by atoms with E-state index >= 15 is 0 Å². The van der Waals surface area contributed by atoms with E-state index in [1.165, 1.54) is 16.0 Å². The van der Waals surface area contributed by atoms with Gasteiger partial charge >= 0.3 is 0 Å². The third-order valence-electron chi connectivity index (χ3n) is 4.27. The molecule has 0 amide bonds.